The van der Waals surface area contributed by atoms with E-state index in [2.05, 4.69) is 27.3 Å². The fourth-order valence-electron chi connectivity index (χ4n) is 3.00. The van der Waals surface area contributed by atoms with Gasteiger partial charge >= 0.3 is 0 Å². The zero-order valence-corrected chi connectivity index (χ0v) is 14.4. The molecule has 1 fully saturated rings. The van der Waals surface area contributed by atoms with Crippen molar-refractivity contribution >= 4 is 11.7 Å². The molecular weight excluding hydrogens is 292 g/mol. The number of carbonyl (C=O) groups excluding carboxylic acids is 1. The molecule has 0 aliphatic carbocycles. The van der Waals surface area contributed by atoms with E-state index < -0.39 is 0 Å². The number of aryl methyl sites for hydroxylation is 1. The van der Waals surface area contributed by atoms with Crippen LogP contribution >= 0.6 is 0 Å². The van der Waals surface area contributed by atoms with Crippen molar-refractivity contribution in [1.29, 1.82) is 0 Å². The molecule has 0 aromatic carbocycles. The second kappa shape index (κ2) is 8.82. The zero-order valence-electron chi connectivity index (χ0n) is 14.4. The highest BCUT2D eigenvalue weighted by Crippen LogP contribution is 2.25. The summed E-state index contributed by atoms with van der Waals surface area (Å²) < 4.78 is 5.33. The molecule has 1 aromatic rings. The molecule has 1 aliphatic heterocycles. The highest BCUT2D eigenvalue weighted by atomic mass is 16.5. The van der Waals surface area contributed by atoms with E-state index in [4.69, 9.17) is 4.74 Å². The summed E-state index contributed by atoms with van der Waals surface area (Å²) in [7, 11) is 0. The Labute approximate surface area is 138 Å². The van der Waals surface area contributed by atoms with Crippen molar-refractivity contribution in [3.63, 3.8) is 0 Å². The molecule has 128 valence electrons. The monoisotopic (exact) mass is 320 g/mol. The first kappa shape index (κ1) is 17.7. The van der Waals surface area contributed by atoms with Crippen LogP contribution in [0.15, 0.2) is 12.1 Å². The zero-order chi connectivity index (χ0) is 16.7. The minimum absolute atomic E-state index is 0.0265. The lowest BCUT2D eigenvalue weighted by atomic mass is 9.98. The summed E-state index contributed by atoms with van der Waals surface area (Å²) in [5.41, 5.74) is 0.913. The molecule has 0 spiro atoms. The molecule has 1 saturated heterocycles. The molecule has 6 nitrogen and oxygen atoms in total. The van der Waals surface area contributed by atoms with Gasteiger partial charge in [-0.25, -0.2) is 0 Å². The Morgan fingerprint density at radius 3 is 2.78 bits per heavy atom. The Hall–Kier alpha value is -1.69. The fourth-order valence-corrected chi connectivity index (χ4v) is 3.00. The van der Waals surface area contributed by atoms with Gasteiger partial charge in [-0.15, -0.1) is 5.10 Å². The maximum atomic E-state index is 12.0. The Morgan fingerprint density at radius 1 is 1.30 bits per heavy atom. The quantitative estimate of drug-likeness (QED) is 0.741. The minimum atomic E-state index is -0.0265. The van der Waals surface area contributed by atoms with Crippen molar-refractivity contribution in [2.45, 2.75) is 46.1 Å². The third-order valence-electron chi connectivity index (χ3n) is 4.14. The first-order valence-corrected chi connectivity index (χ1v) is 8.56. The van der Waals surface area contributed by atoms with Gasteiger partial charge in [-0.3, -0.25) is 4.79 Å². The van der Waals surface area contributed by atoms with E-state index in [1.54, 1.807) is 0 Å². The summed E-state index contributed by atoms with van der Waals surface area (Å²) in [6.07, 6.45) is 3.13. The second-order valence-corrected chi connectivity index (χ2v) is 6.21. The SMILES string of the molecule is CCCOCC(=O)N[C@H]1CN(c2ccc(C)nn2)C[C@@H]1CCC. The summed E-state index contributed by atoms with van der Waals surface area (Å²) in [5.74, 6) is 1.30. The molecule has 0 saturated carbocycles. The smallest absolute Gasteiger partial charge is 0.246 e. The van der Waals surface area contributed by atoms with Gasteiger partial charge in [0.15, 0.2) is 5.82 Å². The second-order valence-electron chi connectivity index (χ2n) is 6.21. The van der Waals surface area contributed by atoms with Crippen LogP contribution in [0.2, 0.25) is 0 Å². The minimum Gasteiger partial charge on any atom is -0.372 e. The summed E-state index contributed by atoms with van der Waals surface area (Å²) in [6.45, 7) is 8.60. The van der Waals surface area contributed by atoms with Gasteiger partial charge in [0.2, 0.25) is 5.91 Å². The third-order valence-corrected chi connectivity index (χ3v) is 4.14. The van der Waals surface area contributed by atoms with Crippen LogP contribution in [-0.2, 0) is 9.53 Å². The summed E-state index contributed by atoms with van der Waals surface area (Å²) >= 11 is 0. The van der Waals surface area contributed by atoms with Gasteiger partial charge in [0.25, 0.3) is 0 Å². The van der Waals surface area contributed by atoms with Crippen LogP contribution in [-0.4, -0.2) is 48.4 Å². The van der Waals surface area contributed by atoms with Crippen molar-refractivity contribution in [1.82, 2.24) is 15.5 Å². The Morgan fingerprint density at radius 2 is 2.13 bits per heavy atom. The highest BCUT2D eigenvalue weighted by Gasteiger charge is 2.33. The van der Waals surface area contributed by atoms with Crippen LogP contribution in [0.4, 0.5) is 5.82 Å². The summed E-state index contributed by atoms with van der Waals surface area (Å²) in [5, 5.41) is 11.5. The predicted molar refractivity (Wildman–Crippen MR) is 90.4 cm³/mol. The number of nitrogens with one attached hydrogen (secondary N) is 1. The molecule has 0 bridgehead atoms. The predicted octanol–water partition coefficient (Wildman–Crippen LogP) is 1.93. The average Bonchev–Trinajstić information content (AvgIpc) is 2.91. The molecule has 2 atom stereocenters. The number of hydrogen-bond acceptors (Lipinski definition) is 5. The Kier molecular flexibility index (Phi) is 6.77. The molecule has 1 aliphatic rings. The van der Waals surface area contributed by atoms with Gasteiger partial charge in [0.05, 0.1) is 11.7 Å². The molecule has 23 heavy (non-hydrogen) atoms. The van der Waals surface area contributed by atoms with E-state index in [1.165, 1.54) is 0 Å². The average molecular weight is 320 g/mol. The third kappa shape index (κ3) is 5.16. The van der Waals surface area contributed by atoms with Crippen molar-refractivity contribution in [2.24, 2.45) is 5.92 Å². The standard InChI is InChI=1S/C17H28N4O2/c1-4-6-14-10-21(16-8-7-13(3)19-20-16)11-15(14)18-17(22)12-23-9-5-2/h7-8,14-15H,4-6,9-12H2,1-3H3,(H,18,22)/t14-,15-/m0/s1. The van der Waals surface area contributed by atoms with Crippen LogP contribution in [0.1, 0.15) is 38.8 Å². The number of carbonyl (C=O) groups is 1. The largest absolute Gasteiger partial charge is 0.372 e. The van der Waals surface area contributed by atoms with Crippen LogP contribution in [0.25, 0.3) is 0 Å². The van der Waals surface area contributed by atoms with Gasteiger partial charge in [-0.1, -0.05) is 20.3 Å². The van der Waals surface area contributed by atoms with Crippen molar-refractivity contribution in [3.05, 3.63) is 17.8 Å². The maximum absolute atomic E-state index is 12.0. The Bertz CT molecular complexity index is 492. The Balaban J connectivity index is 1.94. The fraction of sp³-hybridized carbons (Fsp3) is 0.706. The van der Waals surface area contributed by atoms with Gasteiger partial charge in [0, 0.05) is 19.7 Å². The van der Waals surface area contributed by atoms with Crippen LogP contribution < -0.4 is 10.2 Å². The van der Waals surface area contributed by atoms with Crippen molar-refractivity contribution < 1.29 is 9.53 Å². The molecule has 0 unspecified atom stereocenters. The topological polar surface area (TPSA) is 67.3 Å². The number of amides is 1. The summed E-state index contributed by atoms with van der Waals surface area (Å²) in [4.78, 5) is 14.2. The number of hydrogen-bond donors (Lipinski definition) is 1. The number of nitrogens with zero attached hydrogens (tertiary/aromatic N) is 3. The van der Waals surface area contributed by atoms with Gasteiger partial charge in [0.1, 0.15) is 6.61 Å². The molecule has 2 heterocycles. The lowest BCUT2D eigenvalue weighted by molar-refractivity contribution is -0.126. The van der Waals surface area contributed by atoms with Crippen molar-refractivity contribution in [2.75, 3.05) is 31.2 Å². The first-order valence-electron chi connectivity index (χ1n) is 8.56. The van der Waals surface area contributed by atoms with Gasteiger partial charge in [-0.05, 0) is 37.8 Å². The van der Waals surface area contributed by atoms with E-state index in [9.17, 15) is 4.79 Å². The van der Waals surface area contributed by atoms with E-state index >= 15 is 0 Å². The molecule has 6 heteroatoms. The molecule has 0 radical (unpaired) electrons. The summed E-state index contributed by atoms with van der Waals surface area (Å²) in [6, 6.07) is 4.12. The van der Waals surface area contributed by atoms with Gasteiger partial charge < -0.3 is 15.0 Å². The number of aromatic nitrogens is 2. The normalized spacial score (nSPS) is 20.7. The van der Waals surface area contributed by atoms with Gasteiger partial charge in [-0.2, -0.15) is 5.10 Å². The number of rotatable bonds is 8. The lowest BCUT2D eigenvalue weighted by Gasteiger charge is -2.19. The first-order chi connectivity index (χ1) is 11.1. The highest BCUT2D eigenvalue weighted by molar-refractivity contribution is 5.77. The van der Waals surface area contributed by atoms with Crippen LogP contribution in [0.3, 0.4) is 0 Å². The van der Waals surface area contributed by atoms with E-state index in [-0.39, 0.29) is 18.6 Å². The van der Waals surface area contributed by atoms with Crippen LogP contribution in [0.5, 0.6) is 0 Å². The molecular formula is C17H28N4O2. The van der Waals surface area contributed by atoms with E-state index in [0.717, 1.165) is 43.9 Å². The van der Waals surface area contributed by atoms with Crippen LogP contribution in [0, 0.1) is 12.8 Å². The van der Waals surface area contributed by atoms with E-state index in [0.29, 0.717) is 12.5 Å². The number of ether oxygens (including phenoxy) is 1. The molecule has 1 N–H and O–H groups in total. The maximum Gasteiger partial charge on any atom is 0.246 e. The lowest BCUT2D eigenvalue weighted by Crippen LogP contribution is -2.42. The van der Waals surface area contributed by atoms with Crippen molar-refractivity contribution in [3.8, 4) is 0 Å². The molecule has 1 amide bonds. The molecule has 1 aromatic heterocycles. The van der Waals surface area contributed by atoms with E-state index in [1.807, 2.05) is 26.0 Å². The molecule has 2 rings (SSSR count). The number of anilines is 1.